The lowest BCUT2D eigenvalue weighted by Crippen LogP contribution is -2.23. The van der Waals surface area contributed by atoms with Gasteiger partial charge in [0.25, 0.3) is 5.69 Å². The smallest absolute Gasteiger partial charge is 0.258 e. The first kappa shape index (κ1) is 44.8. The molecule has 0 fully saturated rings. The molecule has 0 aliphatic heterocycles. The number of rotatable bonds is 8. The van der Waals surface area contributed by atoms with Crippen LogP contribution in [0.3, 0.4) is 0 Å². The lowest BCUT2D eigenvalue weighted by molar-refractivity contribution is -0.384. The van der Waals surface area contributed by atoms with E-state index < -0.39 is 20.0 Å². The predicted octanol–water partition coefficient (Wildman–Crippen LogP) is 12.6. The fourth-order valence-electron chi connectivity index (χ4n) is 6.20. The third kappa shape index (κ3) is 13.3. The third-order valence-electron chi connectivity index (χ3n) is 10.1. The SMILES string of the molecule is CC1=CCC(C(C)(C)C#CC(C)(C)c2ccc(C#CCC(c3ccc([N+](=O)[O-])cc3)S(=O)(=O)c3ccccc3)cc2)C=C1.CCc1ccccc1.Cc1ccccc1. The molecule has 0 radical (unpaired) electrons. The summed E-state index contributed by atoms with van der Waals surface area (Å²) in [7, 11) is -3.79. The number of non-ortho nitro benzene ring substituents is 1. The topological polar surface area (TPSA) is 77.3 Å². The van der Waals surface area contributed by atoms with Crippen LogP contribution in [0.5, 0.6) is 0 Å². The molecule has 2 unspecified atom stereocenters. The number of benzene rings is 5. The molecule has 6 rings (SSSR count). The highest BCUT2D eigenvalue weighted by molar-refractivity contribution is 7.91. The minimum atomic E-state index is -3.79. The van der Waals surface area contributed by atoms with Crippen LogP contribution in [0, 0.1) is 52.1 Å². The molecule has 0 bridgehead atoms. The van der Waals surface area contributed by atoms with Gasteiger partial charge in [0.15, 0.2) is 9.84 Å². The van der Waals surface area contributed by atoms with Gasteiger partial charge in [-0.1, -0.05) is 163 Å². The first-order chi connectivity index (χ1) is 27.6. The van der Waals surface area contributed by atoms with Crippen molar-refractivity contribution >= 4 is 15.5 Å². The fraction of sp³-hybridized carbons (Fsp3) is 0.269. The van der Waals surface area contributed by atoms with E-state index >= 15 is 0 Å². The van der Waals surface area contributed by atoms with Gasteiger partial charge in [-0.15, -0.1) is 0 Å². The summed E-state index contributed by atoms with van der Waals surface area (Å²) < 4.78 is 27.2. The second-order valence-electron chi connectivity index (χ2n) is 15.5. The van der Waals surface area contributed by atoms with Crippen molar-refractivity contribution in [3.05, 3.63) is 201 Å². The van der Waals surface area contributed by atoms with E-state index in [4.69, 9.17) is 0 Å². The van der Waals surface area contributed by atoms with E-state index in [-0.39, 0.29) is 27.8 Å². The highest BCUT2D eigenvalue weighted by Gasteiger charge is 2.29. The number of aryl methyl sites for hydroxylation is 2. The molecule has 5 aromatic carbocycles. The molecule has 5 nitrogen and oxygen atoms in total. The maximum absolute atomic E-state index is 13.6. The summed E-state index contributed by atoms with van der Waals surface area (Å²) in [5, 5.41) is 10.2. The van der Waals surface area contributed by atoms with E-state index in [1.54, 1.807) is 30.3 Å². The van der Waals surface area contributed by atoms with Crippen LogP contribution in [0.15, 0.2) is 168 Å². The molecule has 298 valence electrons. The second-order valence-corrected chi connectivity index (χ2v) is 17.6. The van der Waals surface area contributed by atoms with Crippen LogP contribution in [0.1, 0.15) is 87.5 Å². The lowest BCUT2D eigenvalue weighted by atomic mass is 9.74. The first-order valence-electron chi connectivity index (χ1n) is 19.7. The van der Waals surface area contributed by atoms with Gasteiger partial charge in [0, 0.05) is 29.5 Å². The van der Waals surface area contributed by atoms with Gasteiger partial charge >= 0.3 is 0 Å². The summed E-state index contributed by atoms with van der Waals surface area (Å²) in [4.78, 5) is 10.8. The number of hydrogen-bond donors (Lipinski definition) is 0. The molecule has 0 amide bonds. The van der Waals surface area contributed by atoms with Gasteiger partial charge in [-0.05, 0) is 101 Å². The van der Waals surface area contributed by atoms with Gasteiger partial charge in [-0.3, -0.25) is 10.1 Å². The fourth-order valence-corrected chi connectivity index (χ4v) is 7.88. The summed E-state index contributed by atoms with van der Waals surface area (Å²) in [6.07, 6.45) is 8.88. The van der Waals surface area contributed by atoms with Crippen LogP contribution in [0.4, 0.5) is 5.69 Å². The molecule has 6 heteroatoms. The highest BCUT2D eigenvalue weighted by atomic mass is 32.2. The Labute approximate surface area is 347 Å². The van der Waals surface area contributed by atoms with Gasteiger partial charge in [-0.25, -0.2) is 8.42 Å². The Hall–Kier alpha value is -5.95. The van der Waals surface area contributed by atoms with Crippen LogP contribution in [0.2, 0.25) is 0 Å². The molecule has 0 heterocycles. The molecular weight excluding hydrogens is 735 g/mol. The average molecular weight is 790 g/mol. The maximum atomic E-state index is 13.6. The van der Waals surface area contributed by atoms with Gasteiger partial charge in [-0.2, -0.15) is 0 Å². The predicted molar refractivity (Wildman–Crippen MR) is 240 cm³/mol. The van der Waals surface area contributed by atoms with Crippen molar-refractivity contribution in [3.8, 4) is 23.7 Å². The highest BCUT2D eigenvalue weighted by Crippen LogP contribution is 2.35. The van der Waals surface area contributed by atoms with Crippen LogP contribution in [-0.4, -0.2) is 13.3 Å². The Bertz CT molecular complexity index is 2370. The molecule has 0 saturated carbocycles. The molecule has 2 atom stereocenters. The number of nitro benzene ring substituents is 1. The van der Waals surface area contributed by atoms with Gasteiger partial charge < -0.3 is 0 Å². The monoisotopic (exact) mass is 789 g/mol. The molecule has 1 aliphatic carbocycles. The second kappa shape index (κ2) is 21.0. The third-order valence-corrected chi connectivity index (χ3v) is 12.3. The molecule has 0 N–H and O–H groups in total. The van der Waals surface area contributed by atoms with Crippen LogP contribution < -0.4 is 0 Å². The molecule has 0 aromatic heterocycles. The Morgan fingerprint density at radius 3 is 1.81 bits per heavy atom. The molecule has 1 aliphatic rings. The minimum absolute atomic E-state index is 0.0349. The molecule has 0 saturated heterocycles. The standard InChI is InChI=1S/C37H37NO4S.C8H10.C7H8/c1-28-14-20-31(21-15-28)36(2,3)26-27-37(4,5)32-22-16-29(17-23-32)10-9-13-35(30-18-24-33(25-19-30)38(39)40)43(41,42)34-11-7-6-8-12-34;1-2-8-6-4-3-5-7-8;1-7-5-3-2-4-6-7/h6-8,11-12,14-20,22-25,31,35H,13,21H2,1-5H3;3-7H,2H2,1H3;2-6H,1H3. The van der Waals surface area contributed by atoms with Crippen molar-refractivity contribution in [2.45, 2.75) is 83.3 Å². The largest absolute Gasteiger partial charge is 0.269 e. The van der Waals surface area contributed by atoms with Crippen LogP contribution >= 0.6 is 0 Å². The van der Waals surface area contributed by atoms with E-state index in [0.717, 1.165) is 24.0 Å². The zero-order valence-electron chi connectivity index (χ0n) is 34.8. The van der Waals surface area contributed by atoms with Crippen molar-refractivity contribution in [3.63, 3.8) is 0 Å². The van der Waals surface area contributed by atoms with Crippen LogP contribution in [-0.2, 0) is 21.7 Å². The summed E-state index contributed by atoms with van der Waals surface area (Å²) >= 11 is 0. The number of sulfone groups is 1. The van der Waals surface area contributed by atoms with Crippen molar-refractivity contribution in [1.29, 1.82) is 0 Å². The minimum Gasteiger partial charge on any atom is -0.258 e. The number of nitro groups is 1. The summed E-state index contributed by atoms with van der Waals surface area (Å²) in [5.41, 5.74) is 5.71. The molecule has 58 heavy (non-hydrogen) atoms. The van der Waals surface area contributed by atoms with E-state index in [1.807, 2.05) is 48.5 Å². The summed E-state index contributed by atoms with van der Waals surface area (Å²) in [6.45, 7) is 15.0. The van der Waals surface area contributed by atoms with Gasteiger partial charge in [0.05, 0.1) is 15.2 Å². The number of nitrogens with zero attached hydrogens (tertiary/aromatic N) is 1. The Kier molecular flexibility index (Phi) is 16.2. The normalized spacial score (nSPS) is 14.0. The Morgan fingerprint density at radius 2 is 1.33 bits per heavy atom. The molecule has 5 aromatic rings. The number of allylic oxidation sites excluding steroid dienone is 4. The van der Waals surface area contributed by atoms with Gasteiger partial charge in [0.1, 0.15) is 5.25 Å². The summed E-state index contributed by atoms with van der Waals surface area (Å²) in [5.74, 6) is 13.6. The molecular formula is C52H55NO4S. The van der Waals surface area contributed by atoms with E-state index in [2.05, 4.69) is 127 Å². The first-order valence-corrected chi connectivity index (χ1v) is 21.2. The molecule has 0 spiro atoms. The Morgan fingerprint density at radius 1 is 0.759 bits per heavy atom. The van der Waals surface area contributed by atoms with Crippen molar-refractivity contribution in [2.24, 2.45) is 11.3 Å². The van der Waals surface area contributed by atoms with E-state index in [1.165, 1.54) is 41.0 Å². The quantitative estimate of drug-likeness (QED) is 0.0891. The van der Waals surface area contributed by atoms with Gasteiger partial charge in [0.2, 0.25) is 0 Å². The lowest BCUT2D eigenvalue weighted by Gasteiger charge is -2.29. The average Bonchev–Trinajstić information content (AvgIpc) is 3.23. The van der Waals surface area contributed by atoms with E-state index in [9.17, 15) is 18.5 Å². The van der Waals surface area contributed by atoms with Crippen molar-refractivity contribution in [2.75, 3.05) is 0 Å². The van der Waals surface area contributed by atoms with Crippen molar-refractivity contribution < 1.29 is 13.3 Å². The zero-order valence-corrected chi connectivity index (χ0v) is 35.6. The van der Waals surface area contributed by atoms with Crippen molar-refractivity contribution in [1.82, 2.24) is 0 Å². The maximum Gasteiger partial charge on any atom is 0.269 e. The summed E-state index contributed by atoms with van der Waals surface area (Å²) in [6, 6.07) is 42.5. The number of hydrogen-bond acceptors (Lipinski definition) is 4. The van der Waals surface area contributed by atoms with Crippen LogP contribution in [0.25, 0.3) is 0 Å². The Balaban J connectivity index is 0.000000410. The zero-order chi connectivity index (χ0) is 42.2. The van der Waals surface area contributed by atoms with E-state index in [0.29, 0.717) is 11.5 Å².